The number of amides is 2. The van der Waals surface area contributed by atoms with Crippen molar-refractivity contribution in [3.05, 3.63) is 35.5 Å². The molecule has 34 heavy (non-hydrogen) atoms. The number of carbonyl (C=O) groups excluding carboxylic acids is 2. The van der Waals surface area contributed by atoms with Crippen molar-refractivity contribution < 1.29 is 14.3 Å². The third-order valence-electron chi connectivity index (χ3n) is 7.15. The van der Waals surface area contributed by atoms with Crippen molar-refractivity contribution in [2.75, 3.05) is 20.6 Å². The molecule has 2 aliphatic carbocycles. The van der Waals surface area contributed by atoms with E-state index in [1.165, 1.54) is 59.2 Å². The lowest BCUT2D eigenvalue weighted by Crippen LogP contribution is -2.44. The minimum atomic E-state index is -0.388. The van der Waals surface area contributed by atoms with Crippen LogP contribution in [-0.4, -0.2) is 53.0 Å². The smallest absolute Gasteiger partial charge is 0.409 e. The minimum Gasteiger partial charge on any atom is -0.444 e. The molecule has 2 amide bonds. The van der Waals surface area contributed by atoms with Crippen LogP contribution in [0.2, 0.25) is 0 Å². The number of carbonyl (C=O) groups is 2. The average Bonchev–Trinajstić information content (AvgIpc) is 3.57. The van der Waals surface area contributed by atoms with Crippen molar-refractivity contribution in [1.29, 1.82) is 0 Å². The topological polar surface area (TPSA) is 65.6 Å². The molecule has 0 bridgehead atoms. The van der Waals surface area contributed by atoms with Gasteiger partial charge in [0.1, 0.15) is 5.60 Å². The molecular weight excluding hydrogens is 426 g/mol. The Bertz CT molecular complexity index is 1010. The summed E-state index contributed by atoms with van der Waals surface area (Å²) in [5.41, 5.74) is 3.66. The molecule has 1 aromatic heterocycles. The normalized spacial score (nSPS) is 20.9. The van der Waals surface area contributed by atoms with Crippen molar-refractivity contribution in [3.8, 4) is 0 Å². The van der Waals surface area contributed by atoms with E-state index in [0.717, 1.165) is 25.8 Å². The highest BCUT2D eigenvalue weighted by molar-refractivity contribution is 5.86. The van der Waals surface area contributed by atoms with Gasteiger partial charge >= 0.3 is 6.09 Å². The molecule has 1 aliphatic heterocycles. The van der Waals surface area contributed by atoms with Crippen LogP contribution in [0.5, 0.6) is 0 Å². The van der Waals surface area contributed by atoms with Gasteiger partial charge in [0.25, 0.3) is 0 Å². The quantitative estimate of drug-likeness (QED) is 0.583. The third kappa shape index (κ3) is 5.59. The maximum absolute atomic E-state index is 13.2. The van der Waals surface area contributed by atoms with Crippen molar-refractivity contribution in [1.82, 2.24) is 14.8 Å². The van der Waals surface area contributed by atoms with Crippen LogP contribution in [0.4, 0.5) is 4.79 Å². The molecule has 1 N–H and O–H groups in total. The van der Waals surface area contributed by atoms with Crippen LogP contribution in [0, 0.1) is 11.8 Å². The Hall–Kier alpha value is -2.50. The van der Waals surface area contributed by atoms with E-state index in [1.54, 1.807) is 14.1 Å². The van der Waals surface area contributed by atoms with Crippen LogP contribution in [-0.2, 0) is 16.0 Å². The predicted molar refractivity (Wildman–Crippen MR) is 136 cm³/mol. The highest BCUT2D eigenvalue weighted by Gasteiger charge is 2.44. The number of rotatable bonds is 2. The molecule has 3 aliphatic rings. The van der Waals surface area contributed by atoms with E-state index in [-0.39, 0.29) is 17.6 Å². The molecule has 1 aromatic carbocycles. The lowest BCUT2D eigenvalue weighted by molar-refractivity contribution is -0.140. The number of nitrogens with zero attached hydrogens (tertiary/aromatic N) is 2. The van der Waals surface area contributed by atoms with Gasteiger partial charge in [-0.1, -0.05) is 37.5 Å². The Labute approximate surface area is 204 Å². The lowest BCUT2D eigenvalue weighted by Gasteiger charge is -2.39. The Morgan fingerprint density at radius 2 is 1.71 bits per heavy atom. The highest BCUT2D eigenvalue weighted by Crippen LogP contribution is 2.49. The SMILES string of the molecule is CN(C)C(=O)OC(C)(C)C.O=C(C1CCCCC1)N1CCc2c([nH]c3ccccc23)C1C1CC1. The molecule has 1 unspecified atom stereocenters. The molecule has 6 heteroatoms. The summed E-state index contributed by atoms with van der Waals surface area (Å²) < 4.78 is 4.99. The maximum Gasteiger partial charge on any atom is 0.409 e. The molecule has 0 spiro atoms. The van der Waals surface area contributed by atoms with E-state index >= 15 is 0 Å². The fourth-order valence-corrected chi connectivity index (χ4v) is 5.36. The molecule has 0 saturated heterocycles. The number of aromatic nitrogens is 1. The first-order valence-electron chi connectivity index (χ1n) is 13.0. The lowest BCUT2D eigenvalue weighted by atomic mass is 9.86. The van der Waals surface area contributed by atoms with Gasteiger partial charge in [0.2, 0.25) is 5.91 Å². The van der Waals surface area contributed by atoms with Crippen LogP contribution in [0.3, 0.4) is 0 Å². The Morgan fingerprint density at radius 1 is 1.03 bits per heavy atom. The summed E-state index contributed by atoms with van der Waals surface area (Å²) in [6, 6.07) is 8.93. The first kappa shape index (κ1) is 24.6. The van der Waals surface area contributed by atoms with E-state index in [2.05, 4.69) is 34.1 Å². The largest absolute Gasteiger partial charge is 0.444 e. The van der Waals surface area contributed by atoms with Gasteiger partial charge in [-0.2, -0.15) is 0 Å². The minimum absolute atomic E-state index is 0.283. The van der Waals surface area contributed by atoms with E-state index in [1.807, 2.05) is 20.8 Å². The summed E-state index contributed by atoms with van der Waals surface area (Å²) in [5, 5.41) is 1.36. The molecule has 2 aromatic rings. The Kier molecular flexibility index (Phi) is 7.25. The molecular formula is C28H41N3O3. The van der Waals surface area contributed by atoms with E-state index < -0.39 is 0 Å². The Balaban J connectivity index is 0.000000235. The zero-order valence-corrected chi connectivity index (χ0v) is 21.5. The maximum atomic E-state index is 13.2. The van der Waals surface area contributed by atoms with E-state index in [9.17, 15) is 9.59 Å². The van der Waals surface area contributed by atoms with Crippen LogP contribution < -0.4 is 0 Å². The monoisotopic (exact) mass is 467 g/mol. The highest BCUT2D eigenvalue weighted by atomic mass is 16.6. The average molecular weight is 468 g/mol. The van der Waals surface area contributed by atoms with Gasteiger partial charge in [0.15, 0.2) is 0 Å². The number of nitrogens with one attached hydrogen (secondary N) is 1. The fraction of sp³-hybridized carbons (Fsp3) is 0.643. The molecule has 1 atom stereocenters. The second kappa shape index (κ2) is 10.0. The van der Waals surface area contributed by atoms with E-state index in [4.69, 9.17) is 4.74 Å². The summed E-state index contributed by atoms with van der Waals surface area (Å²) in [6.07, 6.45) is 9.22. The number of para-hydroxylation sites is 1. The first-order valence-corrected chi connectivity index (χ1v) is 13.0. The number of H-pyrrole nitrogens is 1. The summed E-state index contributed by atoms with van der Waals surface area (Å²) in [5.74, 6) is 1.39. The predicted octanol–water partition coefficient (Wildman–Crippen LogP) is 6.07. The summed E-state index contributed by atoms with van der Waals surface area (Å²) in [7, 11) is 3.32. The van der Waals surface area contributed by atoms with E-state index in [0.29, 0.717) is 17.9 Å². The second-order valence-electron chi connectivity index (χ2n) is 11.3. The van der Waals surface area contributed by atoms with Crippen LogP contribution >= 0.6 is 0 Å². The summed E-state index contributed by atoms with van der Waals surface area (Å²) in [6.45, 7) is 6.43. The van der Waals surface area contributed by atoms with Crippen LogP contribution in [0.1, 0.15) is 83.0 Å². The van der Waals surface area contributed by atoms with Gasteiger partial charge < -0.3 is 19.5 Å². The fourth-order valence-electron chi connectivity index (χ4n) is 5.36. The number of fused-ring (bicyclic) bond motifs is 3. The molecule has 6 nitrogen and oxygen atoms in total. The van der Waals surface area contributed by atoms with Crippen molar-refractivity contribution in [2.45, 2.75) is 83.8 Å². The van der Waals surface area contributed by atoms with Crippen LogP contribution in [0.25, 0.3) is 10.9 Å². The zero-order valence-electron chi connectivity index (χ0n) is 21.5. The van der Waals surface area contributed by atoms with Gasteiger partial charge in [-0.25, -0.2) is 4.79 Å². The van der Waals surface area contributed by atoms with Gasteiger partial charge in [-0.05, 0) is 70.4 Å². The summed E-state index contributed by atoms with van der Waals surface area (Å²) >= 11 is 0. The second-order valence-corrected chi connectivity index (χ2v) is 11.3. The van der Waals surface area contributed by atoms with Gasteiger partial charge in [-0.15, -0.1) is 0 Å². The number of benzene rings is 1. The molecule has 2 heterocycles. The van der Waals surface area contributed by atoms with Crippen LogP contribution in [0.15, 0.2) is 24.3 Å². The zero-order chi connectivity index (χ0) is 24.5. The molecule has 5 rings (SSSR count). The summed E-state index contributed by atoms with van der Waals surface area (Å²) in [4.78, 5) is 31.4. The number of aromatic amines is 1. The third-order valence-corrected chi connectivity index (χ3v) is 7.15. The molecule has 186 valence electrons. The van der Waals surface area contributed by atoms with Crippen molar-refractivity contribution >= 4 is 22.9 Å². The number of ether oxygens (including phenoxy) is 1. The molecule has 2 fully saturated rings. The van der Waals surface area contributed by atoms with Gasteiger partial charge in [0, 0.05) is 43.2 Å². The van der Waals surface area contributed by atoms with Gasteiger partial charge in [0.05, 0.1) is 6.04 Å². The Morgan fingerprint density at radius 3 is 2.29 bits per heavy atom. The number of hydrogen-bond donors (Lipinski definition) is 1. The first-order chi connectivity index (χ1) is 16.2. The molecule has 0 radical (unpaired) electrons. The molecule has 2 saturated carbocycles. The van der Waals surface area contributed by atoms with Crippen molar-refractivity contribution in [2.24, 2.45) is 11.8 Å². The number of hydrogen-bond acceptors (Lipinski definition) is 3. The standard InChI is InChI=1S/C21H26N2O.C7H15NO2/c24-21(15-6-2-1-3-7-15)23-13-12-17-16-8-4-5-9-18(16)22-19(17)20(23)14-10-11-14;1-7(2,3)10-6(9)8(4)5/h4-5,8-9,14-15,20,22H,1-3,6-7,10-13H2;1-5H3. The van der Waals surface area contributed by atoms with Gasteiger partial charge in [-0.3, -0.25) is 4.79 Å². The van der Waals surface area contributed by atoms with Crippen molar-refractivity contribution in [3.63, 3.8) is 0 Å².